The van der Waals surface area contributed by atoms with Crippen LogP contribution in [0.3, 0.4) is 0 Å². The monoisotopic (exact) mass is 435 g/mol. The van der Waals surface area contributed by atoms with Crippen LogP contribution in [0, 0.1) is 5.92 Å². The molecule has 1 aliphatic carbocycles. The highest BCUT2D eigenvalue weighted by Gasteiger charge is 2.33. The van der Waals surface area contributed by atoms with E-state index in [1.165, 1.54) is 6.92 Å². The van der Waals surface area contributed by atoms with Gasteiger partial charge in [0.1, 0.15) is 6.61 Å². The van der Waals surface area contributed by atoms with Gasteiger partial charge in [-0.2, -0.15) is 0 Å². The smallest absolute Gasteiger partial charge is 0.407 e. The number of Topliss-reactive ketones (excluding diaryl/α,β-unsaturated/α-hetero) is 1. The highest BCUT2D eigenvalue weighted by Crippen LogP contribution is 2.27. The van der Waals surface area contributed by atoms with Gasteiger partial charge in [-0.15, -0.1) is 0 Å². The molecule has 0 aromatic heterocycles. The van der Waals surface area contributed by atoms with Crippen LogP contribution in [-0.2, 0) is 32.1 Å². The van der Waals surface area contributed by atoms with E-state index in [0.29, 0.717) is 12.8 Å². The number of carbonyl (C=O) groups excluding carboxylic acids is 3. The van der Waals surface area contributed by atoms with E-state index in [4.69, 9.17) is 9.47 Å². The van der Waals surface area contributed by atoms with E-state index < -0.39 is 18.2 Å². The van der Waals surface area contributed by atoms with Gasteiger partial charge < -0.3 is 14.8 Å². The highest BCUT2D eigenvalue weighted by molar-refractivity contribution is 5.86. The van der Waals surface area contributed by atoms with Crippen LogP contribution in [0.2, 0.25) is 0 Å². The second-order valence-electron chi connectivity index (χ2n) is 8.02. The standard InChI is InChI=1S/C26H29NO5/c1-18(27-26(30)31-17-21-11-7-4-8-12-21)22-13-14-24(29)25(32-19(2)28)23(16-22)15-20-9-5-3-6-10-20/h3-12,16,18,23,25H,13-15,17H2,1-2H3,(H,27,30)/t18-,23?,25?/m0/s1. The fraction of sp³-hybridized carbons (Fsp3) is 0.346. The van der Waals surface area contributed by atoms with Gasteiger partial charge in [0.25, 0.3) is 0 Å². The molecule has 168 valence electrons. The molecule has 2 unspecified atom stereocenters. The predicted octanol–water partition coefficient (Wildman–Crippen LogP) is 4.38. The summed E-state index contributed by atoms with van der Waals surface area (Å²) in [5.41, 5.74) is 2.87. The Morgan fingerprint density at radius 2 is 1.62 bits per heavy atom. The first-order valence-corrected chi connectivity index (χ1v) is 10.8. The zero-order valence-electron chi connectivity index (χ0n) is 18.5. The highest BCUT2D eigenvalue weighted by atomic mass is 16.6. The molecule has 6 heteroatoms. The predicted molar refractivity (Wildman–Crippen MR) is 121 cm³/mol. The van der Waals surface area contributed by atoms with Crippen molar-refractivity contribution in [2.24, 2.45) is 5.92 Å². The lowest BCUT2D eigenvalue weighted by atomic mass is 9.90. The van der Waals surface area contributed by atoms with Crippen molar-refractivity contribution in [3.63, 3.8) is 0 Å². The van der Waals surface area contributed by atoms with E-state index >= 15 is 0 Å². The van der Waals surface area contributed by atoms with Crippen LogP contribution in [-0.4, -0.2) is 30.0 Å². The van der Waals surface area contributed by atoms with Crippen LogP contribution < -0.4 is 5.32 Å². The maximum Gasteiger partial charge on any atom is 0.407 e. The minimum Gasteiger partial charge on any atom is -0.454 e. The van der Waals surface area contributed by atoms with Crippen molar-refractivity contribution in [3.8, 4) is 0 Å². The summed E-state index contributed by atoms with van der Waals surface area (Å²) >= 11 is 0. The summed E-state index contributed by atoms with van der Waals surface area (Å²) in [6, 6.07) is 18.9. The summed E-state index contributed by atoms with van der Waals surface area (Å²) in [6.45, 7) is 3.36. The lowest BCUT2D eigenvalue weighted by molar-refractivity contribution is -0.155. The molecule has 1 N–H and O–H groups in total. The Kier molecular flexibility index (Phi) is 8.20. The number of ketones is 1. The number of hydrogen-bond donors (Lipinski definition) is 1. The van der Waals surface area contributed by atoms with E-state index in [1.807, 2.05) is 73.7 Å². The van der Waals surface area contributed by atoms with E-state index in [1.54, 1.807) is 0 Å². The Bertz CT molecular complexity index is 955. The van der Waals surface area contributed by atoms with Gasteiger partial charge in [-0.05, 0) is 30.9 Å². The number of ether oxygens (including phenoxy) is 2. The van der Waals surface area contributed by atoms with Crippen LogP contribution in [0.5, 0.6) is 0 Å². The van der Waals surface area contributed by atoms with Crippen LogP contribution >= 0.6 is 0 Å². The average Bonchev–Trinajstić information content (AvgIpc) is 2.93. The first-order valence-electron chi connectivity index (χ1n) is 10.8. The fourth-order valence-corrected chi connectivity index (χ4v) is 3.87. The van der Waals surface area contributed by atoms with Gasteiger partial charge in [-0.1, -0.05) is 72.3 Å². The number of alkyl carbamates (subject to hydrolysis) is 1. The van der Waals surface area contributed by atoms with Crippen LogP contribution in [0.15, 0.2) is 72.3 Å². The molecule has 1 aliphatic rings. The maximum atomic E-state index is 12.8. The summed E-state index contributed by atoms with van der Waals surface area (Å²) in [5, 5.41) is 2.85. The van der Waals surface area contributed by atoms with E-state index in [0.717, 1.165) is 16.7 Å². The third-order valence-corrected chi connectivity index (χ3v) is 5.50. The number of benzene rings is 2. The van der Waals surface area contributed by atoms with Crippen LogP contribution in [0.25, 0.3) is 0 Å². The van der Waals surface area contributed by atoms with Crippen molar-refractivity contribution in [2.75, 3.05) is 0 Å². The molecule has 6 nitrogen and oxygen atoms in total. The zero-order chi connectivity index (χ0) is 22.9. The number of carbonyl (C=O) groups is 3. The summed E-state index contributed by atoms with van der Waals surface area (Å²) in [4.78, 5) is 36.7. The van der Waals surface area contributed by atoms with Gasteiger partial charge in [-0.25, -0.2) is 4.79 Å². The number of hydrogen-bond acceptors (Lipinski definition) is 5. The molecule has 0 heterocycles. The summed E-state index contributed by atoms with van der Waals surface area (Å²) < 4.78 is 10.7. The summed E-state index contributed by atoms with van der Waals surface area (Å²) in [6.07, 6.45) is 1.92. The lowest BCUT2D eigenvalue weighted by Crippen LogP contribution is -2.35. The normalized spacial score (nSPS) is 19.3. The molecule has 0 spiro atoms. The van der Waals surface area contributed by atoms with Crippen molar-refractivity contribution in [1.29, 1.82) is 0 Å². The van der Waals surface area contributed by atoms with Gasteiger partial charge >= 0.3 is 12.1 Å². The number of nitrogens with one attached hydrogen (secondary N) is 1. The lowest BCUT2D eigenvalue weighted by Gasteiger charge is -2.23. The SMILES string of the molecule is CC(=O)OC1C(=O)CCC([C@H](C)NC(=O)OCc2ccccc2)=CC1Cc1ccccc1. The van der Waals surface area contributed by atoms with Gasteiger partial charge in [0.15, 0.2) is 11.9 Å². The Labute approximate surface area is 188 Å². The molecule has 0 fully saturated rings. The van der Waals surface area contributed by atoms with Crippen molar-refractivity contribution in [1.82, 2.24) is 5.32 Å². The number of amides is 1. The largest absolute Gasteiger partial charge is 0.454 e. The molecule has 0 radical (unpaired) electrons. The van der Waals surface area contributed by atoms with Crippen molar-refractivity contribution >= 4 is 17.8 Å². The summed E-state index contributed by atoms with van der Waals surface area (Å²) in [7, 11) is 0. The maximum absolute atomic E-state index is 12.8. The summed E-state index contributed by atoms with van der Waals surface area (Å²) in [5.74, 6) is -0.893. The molecule has 0 bridgehead atoms. The van der Waals surface area contributed by atoms with Gasteiger partial charge in [0, 0.05) is 19.3 Å². The fourth-order valence-electron chi connectivity index (χ4n) is 3.87. The quantitative estimate of drug-likeness (QED) is 0.516. The molecule has 1 amide bonds. The van der Waals surface area contributed by atoms with Crippen molar-refractivity contribution < 1.29 is 23.9 Å². The molecule has 32 heavy (non-hydrogen) atoms. The molecular weight excluding hydrogens is 406 g/mol. The Hall–Kier alpha value is -3.41. The Morgan fingerprint density at radius 1 is 1.00 bits per heavy atom. The van der Waals surface area contributed by atoms with E-state index in [-0.39, 0.29) is 30.8 Å². The second kappa shape index (κ2) is 11.3. The molecule has 3 atom stereocenters. The molecule has 0 saturated heterocycles. The van der Waals surface area contributed by atoms with Gasteiger partial charge in [0.05, 0.1) is 6.04 Å². The molecule has 2 aromatic rings. The first kappa shape index (κ1) is 23.3. The molecule has 0 saturated carbocycles. The van der Waals surface area contributed by atoms with Crippen LogP contribution in [0.1, 0.15) is 37.8 Å². The number of esters is 1. The van der Waals surface area contributed by atoms with Crippen molar-refractivity contribution in [3.05, 3.63) is 83.4 Å². The topological polar surface area (TPSA) is 81.7 Å². The van der Waals surface area contributed by atoms with Crippen molar-refractivity contribution in [2.45, 2.75) is 51.9 Å². The average molecular weight is 436 g/mol. The van der Waals surface area contributed by atoms with Gasteiger partial charge in [0.2, 0.25) is 0 Å². The van der Waals surface area contributed by atoms with E-state index in [9.17, 15) is 14.4 Å². The minimum atomic E-state index is -0.831. The van der Waals surface area contributed by atoms with Gasteiger partial charge in [-0.3, -0.25) is 9.59 Å². The molecule has 2 aromatic carbocycles. The minimum absolute atomic E-state index is 0.105. The molecular formula is C26H29NO5. The Balaban J connectivity index is 1.72. The molecule has 0 aliphatic heterocycles. The third-order valence-electron chi connectivity index (χ3n) is 5.50. The zero-order valence-corrected chi connectivity index (χ0v) is 18.5. The third kappa shape index (κ3) is 6.80. The second-order valence-corrected chi connectivity index (χ2v) is 8.02. The first-order chi connectivity index (χ1) is 15.4. The van der Waals surface area contributed by atoms with E-state index in [2.05, 4.69) is 5.32 Å². The number of rotatable bonds is 7. The van der Waals surface area contributed by atoms with Crippen LogP contribution in [0.4, 0.5) is 4.79 Å². The Morgan fingerprint density at radius 3 is 2.25 bits per heavy atom. The molecule has 3 rings (SSSR count).